The Labute approximate surface area is 102 Å². The Morgan fingerprint density at radius 1 is 1.29 bits per heavy atom. The lowest BCUT2D eigenvalue weighted by molar-refractivity contribution is 0.474. The van der Waals surface area contributed by atoms with Crippen molar-refractivity contribution < 1.29 is 5.11 Å². The van der Waals surface area contributed by atoms with E-state index >= 15 is 0 Å². The largest absolute Gasteiger partial charge is 0.508 e. The average Bonchev–Trinajstić information content (AvgIpc) is 2.70. The van der Waals surface area contributed by atoms with Crippen LogP contribution in [0.4, 0.5) is 0 Å². The van der Waals surface area contributed by atoms with Gasteiger partial charge in [0.2, 0.25) is 0 Å². The number of H-pyrrole nitrogens is 1. The van der Waals surface area contributed by atoms with Crippen LogP contribution in [0, 0.1) is 6.92 Å². The molecule has 3 heteroatoms. The molecule has 0 aliphatic carbocycles. The second kappa shape index (κ2) is 4.62. The molecule has 2 N–H and O–H groups in total. The third-order valence-electron chi connectivity index (χ3n) is 3.04. The van der Waals surface area contributed by atoms with E-state index in [9.17, 15) is 5.11 Å². The Kier molecular flexibility index (Phi) is 3.18. The minimum absolute atomic E-state index is 0.322. The highest BCUT2D eigenvalue weighted by molar-refractivity contribution is 5.38. The molecule has 0 aliphatic heterocycles. The van der Waals surface area contributed by atoms with E-state index in [1.165, 1.54) is 16.8 Å². The molecule has 0 radical (unpaired) electrons. The van der Waals surface area contributed by atoms with Gasteiger partial charge in [-0.05, 0) is 41.7 Å². The van der Waals surface area contributed by atoms with E-state index in [2.05, 4.69) is 24.0 Å². The van der Waals surface area contributed by atoms with Crippen molar-refractivity contribution in [1.82, 2.24) is 10.2 Å². The van der Waals surface area contributed by atoms with Gasteiger partial charge in [0.25, 0.3) is 0 Å². The molecule has 90 valence electrons. The van der Waals surface area contributed by atoms with Crippen molar-refractivity contribution >= 4 is 0 Å². The lowest BCUT2D eigenvalue weighted by Crippen LogP contribution is -1.97. The fourth-order valence-corrected chi connectivity index (χ4v) is 2.05. The Balaban J connectivity index is 2.28. The van der Waals surface area contributed by atoms with Crippen molar-refractivity contribution in [3.63, 3.8) is 0 Å². The number of nitrogens with one attached hydrogen (secondary N) is 1. The van der Waals surface area contributed by atoms with Crippen molar-refractivity contribution in [3.05, 3.63) is 46.8 Å². The minimum atomic E-state index is 0.322. The molecular weight excluding hydrogens is 212 g/mol. The van der Waals surface area contributed by atoms with E-state index in [0.29, 0.717) is 11.7 Å². The molecule has 0 bridgehead atoms. The average molecular weight is 230 g/mol. The van der Waals surface area contributed by atoms with E-state index in [0.717, 1.165) is 12.0 Å². The Morgan fingerprint density at radius 3 is 2.71 bits per heavy atom. The van der Waals surface area contributed by atoms with Crippen LogP contribution in [0.3, 0.4) is 0 Å². The van der Waals surface area contributed by atoms with Crippen molar-refractivity contribution in [3.8, 4) is 5.75 Å². The second-order valence-electron chi connectivity index (χ2n) is 4.75. The second-order valence-corrected chi connectivity index (χ2v) is 4.75. The van der Waals surface area contributed by atoms with Crippen LogP contribution in [-0.4, -0.2) is 15.3 Å². The van der Waals surface area contributed by atoms with Gasteiger partial charge in [-0.15, -0.1) is 0 Å². The maximum atomic E-state index is 9.39. The maximum Gasteiger partial charge on any atom is 0.115 e. The predicted molar refractivity (Wildman–Crippen MR) is 68.3 cm³/mol. The number of hydrogen-bond acceptors (Lipinski definition) is 2. The smallest absolute Gasteiger partial charge is 0.115 e. The van der Waals surface area contributed by atoms with E-state index in [1.54, 1.807) is 12.1 Å². The summed E-state index contributed by atoms with van der Waals surface area (Å²) in [5.74, 6) is 0.771. The van der Waals surface area contributed by atoms with Crippen LogP contribution in [0.2, 0.25) is 0 Å². The van der Waals surface area contributed by atoms with Crippen LogP contribution < -0.4 is 0 Å². The highest BCUT2D eigenvalue weighted by Crippen LogP contribution is 2.22. The van der Waals surface area contributed by atoms with Crippen LogP contribution in [-0.2, 0) is 6.42 Å². The Morgan fingerprint density at radius 2 is 2.06 bits per heavy atom. The van der Waals surface area contributed by atoms with Gasteiger partial charge in [0, 0.05) is 12.1 Å². The van der Waals surface area contributed by atoms with Crippen LogP contribution in [0.1, 0.15) is 42.1 Å². The lowest BCUT2D eigenvalue weighted by atomic mass is 9.97. The lowest BCUT2D eigenvalue weighted by Gasteiger charge is -2.08. The van der Waals surface area contributed by atoms with Gasteiger partial charge >= 0.3 is 0 Å². The first kappa shape index (κ1) is 11.7. The molecule has 0 saturated heterocycles. The molecule has 1 aromatic heterocycles. The molecule has 1 heterocycles. The molecule has 0 saturated carbocycles. The first-order chi connectivity index (χ1) is 8.08. The molecule has 0 fully saturated rings. The zero-order valence-electron chi connectivity index (χ0n) is 10.5. The van der Waals surface area contributed by atoms with Gasteiger partial charge in [0.15, 0.2) is 0 Å². The van der Waals surface area contributed by atoms with Gasteiger partial charge < -0.3 is 5.11 Å². The standard InChI is InChI=1S/C14H18N2O/c1-9(2)14-12(8-15-16-14)7-11-4-5-13(17)6-10(11)3/h4-6,8-9,17H,7H2,1-3H3,(H,15,16). The topological polar surface area (TPSA) is 48.9 Å². The van der Waals surface area contributed by atoms with Gasteiger partial charge in [-0.2, -0.15) is 5.10 Å². The number of benzene rings is 1. The molecule has 0 amide bonds. The van der Waals surface area contributed by atoms with Crippen LogP contribution >= 0.6 is 0 Å². The van der Waals surface area contributed by atoms with Gasteiger partial charge in [0.1, 0.15) is 5.75 Å². The molecule has 0 aliphatic rings. The quantitative estimate of drug-likeness (QED) is 0.851. The summed E-state index contributed by atoms with van der Waals surface area (Å²) in [7, 11) is 0. The number of rotatable bonds is 3. The number of nitrogens with zero attached hydrogens (tertiary/aromatic N) is 1. The monoisotopic (exact) mass is 230 g/mol. The fraction of sp³-hybridized carbons (Fsp3) is 0.357. The molecule has 0 unspecified atom stereocenters. The SMILES string of the molecule is Cc1cc(O)ccc1Cc1cn[nH]c1C(C)C. The molecule has 0 spiro atoms. The summed E-state index contributed by atoms with van der Waals surface area (Å²) in [6.45, 7) is 6.32. The van der Waals surface area contributed by atoms with Crippen LogP contribution in [0.5, 0.6) is 5.75 Å². The molecule has 1 aromatic carbocycles. The number of hydrogen-bond donors (Lipinski definition) is 2. The third kappa shape index (κ3) is 2.49. The molecule has 3 nitrogen and oxygen atoms in total. The van der Waals surface area contributed by atoms with Gasteiger partial charge in [0.05, 0.1) is 6.20 Å². The zero-order valence-corrected chi connectivity index (χ0v) is 10.5. The van der Waals surface area contributed by atoms with Crippen molar-refractivity contribution in [1.29, 1.82) is 0 Å². The normalized spacial score (nSPS) is 11.1. The molecular formula is C14H18N2O. The number of aryl methyl sites for hydroxylation is 1. The third-order valence-corrected chi connectivity index (χ3v) is 3.04. The Bertz CT molecular complexity index is 515. The predicted octanol–water partition coefficient (Wildman–Crippen LogP) is 3.14. The van der Waals surface area contributed by atoms with Gasteiger partial charge in [-0.1, -0.05) is 19.9 Å². The van der Waals surface area contributed by atoms with E-state index < -0.39 is 0 Å². The number of aromatic amines is 1. The highest BCUT2D eigenvalue weighted by Gasteiger charge is 2.10. The summed E-state index contributed by atoms with van der Waals surface area (Å²) < 4.78 is 0. The zero-order chi connectivity index (χ0) is 12.4. The molecule has 0 atom stereocenters. The summed E-state index contributed by atoms with van der Waals surface area (Å²) in [4.78, 5) is 0. The van der Waals surface area contributed by atoms with Crippen molar-refractivity contribution in [2.75, 3.05) is 0 Å². The van der Waals surface area contributed by atoms with Crippen molar-refractivity contribution in [2.24, 2.45) is 0 Å². The van der Waals surface area contributed by atoms with E-state index in [4.69, 9.17) is 0 Å². The number of phenolic OH excluding ortho intramolecular Hbond substituents is 1. The van der Waals surface area contributed by atoms with E-state index in [-0.39, 0.29) is 0 Å². The number of phenols is 1. The number of aromatic nitrogens is 2. The van der Waals surface area contributed by atoms with Crippen molar-refractivity contribution in [2.45, 2.75) is 33.1 Å². The van der Waals surface area contributed by atoms with E-state index in [1.807, 2.05) is 19.2 Å². The number of aromatic hydroxyl groups is 1. The first-order valence-electron chi connectivity index (χ1n) is 5.88. The summed E-state index contributed by atoms with van der Waals surface area (Å²) >= 11 is 0. The molecule has 2 rings (SSSR count). The minimum Gasteiger partial charge on any atom is -0.508 e. The van der Waals surface area contributed by atoms with Crippen LogP contribution in [0.25, 0.3) is 0 Å². The summed E-state index contributed by atoms with van der Waals surface area (Å²) in [5.41, 5.74) is 4.76. The highest BCUT2D eigenvalue weighted by atomic mass is 16.3. The fourth-order valence-electron chi connectivity index (χ4n) is 2.05. The first-order valence-corrected chi connectivity index (χ1v) is 5.88. The maximum absolute atomic E-state index is 9.39. The van der Waals surface area contributed by atoms with Gasteiger partial charge in [-0.25, -0.2) is 0 Å². The van der Waals surface area contributed by atoms with Crippen LogP contribution in [0.15, 0.2) is 24.4 Å². The molecule has 17 heavy (non-hydrogen) atoms. The molecule has 2 aromatic rings. The summed E-state index contributed by atoms with van der Waals surface area (Å²) in [5, 5.41) is 16.6. The summed E-state index contributed by atoms with van der Waals surface area (Å²) in [6.07, 6.45) is 2.75. The van der Waals surface area contributed by atoms with Gasteiger partial charge in [-0.3, -0.25) is 5.10 Å². The Hall–Kier alpha value is -1.77. The summed E-state index contributed by atoms with van der Waals surface area (Å²) in [6, 6.07) is 5.50.